The zero-order valence-corrected chi connectivity index (χ0v) is 10.1. The number of hydrogen-bond acceptors (Lipinski definition) is 2. The average molecular weight is 224 g/mol. The average Bonchev–Trinajstić information content (AvgIpc) is 2.41. The highest BCUT2D eigenvalue weighted by molar-refractivity contribution is 6.34. The van der Waals surface area contributed by atoms with Crippen LogP contribution in [-0.4, -0.2) is 14.5 Å². The van der Waals surface area contributed by atoms with Gasteiger partial charge in [-0.25, -0.2) is 9.97 Å². The van der Waals surface area contributed by atoms with Crippen molar-refractivity contribution >= 4 is 22.6 Å². The highest BCUT2D eigenvalue weighted by atomic mass is 35.5. The number of fused-ring (bicyclic) bond motifs is 1. The van der Waals surface area contributed by atoms with E-state index in [1.807, 2.05) is 0 Å². The molecule has 0 aliphatic heterocycles. The SMILES string of the molecule is Cc1c(C)n(C(C)C)c2ncnc(Cl)c12. The minimum Gasteiger partial charge on any atom is -0.327 e. The summed E-state index contributed by atoms with van der Waals surface area (Å²) in [7, 11) is 0. The Bertz CT molecular complexity index is 514. The standard InChI is InChI=1S/C11H14ClN3/c1-6(2)15-8(4)7(3)9-10(12)13-5-14-11(9)15/h5-6H,1-4H3. The first kappa shape index (κ1) is 10.4. The number of aromatic nitrogens is 3. The first-order chi connectivity index (χ1) is 7.04. The predicted molar refractivity (Wildman–Crippen MR) is 62.4 cm³/mol. The second-order valence-electron chi connectivity index (χ2n) is 4.04. The van der Waals surface area contributed by atoms with Crippen LogP contribution in [0.25, 0.3) is 11.0 Å². The molecule has 80 valence electrons. The third-order valence-corrected chi connectivity index (χ3v) is 3.09. The van der Waals surface area contributed by atoms with Gasteiger partial charge in [0.1, 0.15) is 17.1 Å². The van der Waals surface area contributed by atoms with Crippen LogP contribution in [0, 0.1) is 13.8 Å². The highest BCUT2D eigenvalue weighted by Crippen LogP contribution is 2.30. The molecule has 0 saturated carbocycles. The van der Waals surface area contributed by atoms with Gasteiger partial charge in [0.05, 0.1) is 5.39 Å². The van der Waals surface area contributed by atoms with Gasteiger partial charge < -0.3 is 4.57 Å². The molecule has 2 aromatic heterocycles. The van der Waals surface area contributed by atoms with Gasteiger partial charge in [0.25, 0.3) is 0 Å². The Morgan fingerprint density at radius 2 is 1.93 bits per heavy atom. The maximum Gasteiger partial charge on any atom is 0.145 e. The molecule has 0 aliphatic rings. The van der Waals surface area contributed by atoms with E-state index in [1.54, 1.807) is 0 Å². The van der Waals surface area contributed by atoms with Crippen molar-refractivity contribution in [2.45, 2.75) is 33.7 Å². The fourth-order valence-corrected chi connectivity index (χ4v) is 2.28. The lowest BCUT2D eigenvalue weighted by Crippen LogP contribution is -2.03. The van der Waals surface area contributed by atoms with E-state index < -0.39 is 0 Å². The first-order valence-electron chi connectivity index (χ1n) is 5.01. The van der Waals surface area contributed by atoms with Crippen molar-refractivity contribution in [2.75, 3.05) is 0 Å². The van der Waals surface area contributed by atoms with E-state index >= 15 is 0 Å². The van der Waals surface area contributed by atoms with Crippen molar-refractivity contribution in [3.63, 3.8) is 0 Å². The van der Waals surface area contributed by atoms with Crippen molar-refractivity contribution in [1.82, 2.24) is 14.5 Å². The summed E-state index contributed by atoms with van der Waals surface area (Å²) < 4.78 is 2.19. The van der Waals surface area contributed by atoms with Gasteiger partial charge in [-0.15, -0.1) is 0 Å². The van der Waals surface area contributed by atoms with Crippen LogP contribution in [0.4, 0.5) is 0 Å². The summed E-state index contributed by atoms with van der Waals surface area (Å²) in [4.78, 5) is 8.34. The summed E-state index contributed by atoms with van der Waals surface area (Å²) in [6.07, 6.45) is 1.52. The quantitative estimate of drug-likeness (QED) is 0.695. The normalized spacial score (nSPS) is 11.6. The van der Waals surface area contributed by atoms with Crippen LogP contribution in [0.15, 0.2) is 6.33 Å². The Hall–Kier alpha value is -1.09. The van der Waals surface area contributed by atoms with Gasteiger partial charge in [-0.1, -0.05) is 11.6 Å². The van der Waals surface area contributed by atoms with E-state index in [0.717, 1.165) is 11.0 Å². The van der Waals surface area contributed by atoms with Crippen LogP contribution in [0.2, 0.25) is 5.15 Å². The summed E-state index contributed by atoms with van der Waals surface area (Å²) in [5.41, 5.74) is 3.31. The Morgan fingerprint density at radius 3 is 2.53 bits per heavy atom. The lowest BCUT2D eigenvalue weighted by Gasteiger charge is -2.11. The molecular weight excluding hydrogens is 210 g/mol. The van der Waals surface area contributed by atoms with Crippen LogP contribution in [-0.2, 0) is 0 Å². The predicted octanol–water partition coefficient (Wildman–Crippen LogP) is 3.28. The molecule has 0 spiro atoms. The van der Waals surface area contributed by atoms with E-state index in [-0.39, 0.29) is 0 Å². The Labute approximate surface area is 94.1 Å². The lowest BCUT2D eigenvalue weighted by atomic mass is 10.2. The molecule has 0 unspecified atom stereocenters. The summed E-state index contributed by atoms with van der Waals surface area (Å²) in [6, 6.07) is 0.382. The summed E-state index contributed by atoms with van der Waals surface area (Å²) in [5, 5.41) is 1.52. The Balaban J connectivity index is 2.94. The van der Waals surface area contributed by atoms with Crippen LogP contribution in [0.5, 0.6) is 0 Å². The zero-order valence-electron chi connectivity index (χ0n) is 9.37. The summed E-state index contributed by atoms with van der Waals surface area (Å²) >= 11 is 6.09. The number of hydrogen-bond donors (Lipinski definition) is 0. The molecule has 0 bridgehead atoms. The highest BCUT2D eigenvalue weighted by Gasteiger charge is 2.16. The fraction of sp³-hybridized carbons (Fsp3) is 0.455. The van der Waals surface area contributed by atoms with Crippen LogP contribution in [0.1, 0.15) is 31.1 Å². The van der Waals surface area contributed by atoms with Crippen molar-refractivity contribution in [3.8, 4) is 0 Å². The van der Waals surface area contributed by atoms with Crippen LogP contribution in [0.3, 0.4) is 0 Å². The van der Waals surface area contributed by atoms with Crippen molar-refractivity contribution in [2.24, 2.45) is 0 Å². The van der Waals surface area contributed by atoms with Crippen molar-refractivity contribution < 1.29 is 0 Å². The van der Waals surface area contributed by atoms with E-state index in [9.17, 15) is 0 Å². The number of rotatable bonds is 1. The van der Waals surface area contributed by atoms with E-state index in [4.69, 9.17) is 11.6 Å². The molecule has 0 amide bonds. The first-order valence-corrected chi connectivity index (χ1v) is 5.39. The third-order valence-electron chi connectivity index (χ3n) is 2.80. The molecule has 15 heavy (non-hydrogen) atoms. The fourth-order valence-electron chi connectivity index (χ4n) is 2.01. The number of halogens is 1. The molecule has 2 rings (SSSR count). The lowest BCUT2D eigenvalue weighted by molar-refractivity contribution is 0.601. The largest absolute Gasteiger partial charge is 0.327 e. The molecule has 0 aromatic carbocycles. The molecular formula is C11H14ClN3. The molecule has 0 N–H and O–H groups in total. The van der Waals surface area contributed by atoms with Gasteiger partial charge in [0, 0.05) is 11.7 Å². The minimum absolute atomic E-state index is 0.382. The zero-order chi connectivity index (χ0) is 11.2. The van der Waals surface area contributed by atoms with Gasteiger partial charge in [-0.05, 0) is 33.3 Å². The smallest absolute Gasteiger partial charge is 0.145 e. The van der Waals surface area contributed by atoms with Crippen LogP contribution < -0.4 is 0 Å². The topological polar surface area (TPSA) is 30.7 Å². The van der Waals surface area contributed by atoms with E-state index in [1.165, 1.54) is 17.6 Å². The molecule has 0 atom stereocenters. The Kier molecular flexibility index (Phi) is 2.43. The molecule has 0 fully saturated rings. The minimum atomic E-state index is 0.382. The van der Waals surface area contributed by atoms with E-state index in [2.05, 4.69) is 42.2 Å². The summed E-state index contributed by atoms with van der Waals surface area (Å²) in [5.74, 6) is 0. The molecule has 0 saturated heterocycles. The second kappa shape index (κ2) is 3.49. The van der Waals surface area contributed by atoms with Gasteiger partial charge in [0.2, 0.25) is 0 Å². The van der Waals surface area contributed by atoms with Crippen molar-refractivity contribution in [3.05, 3.63) is 22.7 Å². The van der Waals surface area contributed by atoms with Gasteiger partial charge >= 0.3 is 0 Å². The second-order valence-corrected chi connectivity index (χ2v) is 4.40. The number of aryl methyl sites for hydroxylation is 1. The molecule has 3 nitrogen and oxygen atoms in total. The molecule has 0 aliphatic carbocycles. The van der Waals surface area contributed by atoms with Crippen LogP contribution >= 0.6 is 11.6 Å². The molecule has 2 heterocycles. The Morgan fingerprint density at radius 1 is 1.27 bits per heavy atom. The van der Waals surface area contributed by atoms with Gasteiger partial charge in [0.15, 0.2) is 0 Å². The monoisotopic (exact) mass is 223 g/mol. The molecule has 4 heteroatoms. The van der Waals surface area contributed by atoms with Gasteiger partial charge in [-0.3, -0.25) is 0 Å². The van der Waals surface area contributed by atoms with E-state index in [0.29, 0.717) is 11.2 Å². The third kappa shape index (κ3) is 1.42. The summed E-state index contributed by atoms with van der Waals surface area (Å²) in [6.45, 7) is 8.43. The molecule has 2 aromatic rings. The maximum atomic E-state index is 6.09. The maximum absolute atomic E-state index is 6.09. The molecule has 0 radical (unpaired) electrons. The number of nitrogens with zero attached hydrogens (tertiary/aromatic N) is 3. The van der Waals surface area contributed by atoms with Crippen molar-refractivity contribution in [1.29, 1.82) is 0 Å². The van der Waals surface area contributed by atoms with Gasteiger partial charge in [-0.2, -0.15) is 0 Å².